The van der Waals surface area contributed by atoms with Crippen molar-refractivity contribution in [1.29, 1.82) is 0 Å². The van der Waals surface area contributed by atoms with Crippen LogP contribution in [-0.2, 0) is 15.6 Å². The number of carbonyl (C=O) groups excluding carboxylic acids is 1. The molecule has 1 atom stereocenters. The number of methoxy groups -OCH3 is 1. The topological polar surface area (TPSA) is 55.4 Å². The van der Waals surface area contributed by atoms with Gasteiger partial charge in [0.15, 0.2) is 0 Å². The van der Waals surface area contributed by atoms with Gasteiger partial charge in [-0.05, 0) is 42.5 Å². The molecule has 0 spiro atoms. The van der Waals surface area contributed by atoms with E-state index in [0.29, 0.717) is 16.3 Å². The maximum Gasteiger partial charge on any atom is 0.237 e. The van der Waals surface area contributed by atoms with Crippen LogP contribution in [0, 0.1) is 5.82 Å². The molecule has 0 aliphatic rings. The summed E-state index contributed by atoms with van der Waals surface area (Å²) < 4.78 is 30.0. The van der Waals surface area contributed by atoms with E-state index in [9.17, 15) is 13.4 Å². The molecular formula is C15H14FNO3S. The van der Waals surface area contributed by atoms with Crippen LogP contribution in [0.5, 0.6) is 5.75 Å². The normalized spacial score (nSPS) is 11.7. The third kappa shape index (κ3) is 4.39. The lowest BCUT2D eigenvalue weighted by Crippen LogP contribution is -2.19. The van der Waals surface area contributed by atoms with E-state index in [1.54, 1.807) is 31.4 Å². The number of hydrogen-bond acceptors (Lipinski definition) is 3. The largest absolute Gasteiger partial charge is 0.497 e. The maximum absolute atomic E-state index is 13.0. The molecule has 4 nitrogen and oxygen atoms in total. The molecule has 0 saturated carbocycles. The van der Waals surface area contributed by atoms with Gasteiger partial charge in [0.05, 0.1) is 17.9 Å². The highest BCUT2D eigenvalue weighted by Crippen LogP contribution is 2.15. The molecule has 2 rings (SSSR count). The summed E-state index contributed by atoms with van der Waals surface area (Å²) in [6.45, 7) is 0. The van der Waals surface area contributed by atoms with Gasteiger partial charge in [0.25, 0.3) is 0 Å². The van der Waals surface area contributed by atoms with E-state index in [1.165, 1.54) is 18.2 Å². The van der Waals surface area contributed by atoms with E-state index in [2.05, 4.69) is 5.32 Å². The second kappa shape index (κ2) is 6.99. The fourth-order valence-electron chi connectivity index (χ4n) is 1.68. The zero-order chi connectivity index (χ0) is 15.2. The molecule has 0 aromatic heterocycles. The van der Waals surface area contributed by atoms with Crippen LogP contribution in [0.1, 0.15) is 0 Å². The Kier molecular flexibility index (Phi) is 5.05. The summed E-state index contributed by atoms with van der Waals surface area (Å²) in [5, 5.41) is 2.63. The summed E-state index contributed by atoms with van der Waals surface area (Å²) in [5.74, 6) is -0.425. The molecule has 0 aliphatic carbocycles. The van der Waals surface area contributed by atoms with E-state index >= 15 is 0 Å². The fraction of sp³-hybridized carbons (Fsp3) is 0.133. The number of nitrogens with one attached hydrogen (secondary N) is 1. The molecule has 0 radical (unpaired) electrons. The highest BCUT2D eigenvalue weighted by Gasteiger charge is 2.11. The lowest BCUT2D eigenvalue weighted by atomic mass is 10.3. The first-order valence-electron chi connectivity index (χ1n) is 6.16. The number of carbonyl (C=O) groups is 1. The van der Waals surface area contributed by atoms with Crippen LogP contribution in [-0.4, -0.2) is 23.0 Å². The molecular weight excluding hydrogens is 293 g/mol. The van der Waals surface area contributed by atoms with E-state index in [4.69, 9.17) is 4.74 Å². The predicted molar refractivity (Wildman–Crippen MR) is 79.3 cm³/mol. The summed E-state index contributed by atoms with van der Waals surface area (Å²) in [4.78, 5) is 12.1. The molecule has 6 heteroatoms. The van der Waals surface area contributed by atoms with Gasteiger partial charge >= 0.3 is 0 Å². The lowest BCUT2D eigenvalue weighted by molar-refractivity contribution is -0.113. The van der Waals surface area contributed by atoms with Crippen molar-refractivity contribution in [3.63, 3.8) is 0 Å². The molecule has 0 saturated heterocycles. The number of ether oxygens (including phenoxy) is 1. The Morgan fingerprint density at radius 3 is 2.57 bits per heavy atom. The van der Waals surface area contributed by atoms with E-state index in [-0.39, 0.29) is 5.75 Å². The van der Waals surface area contributed by atoms with Gasteiger partial charge in [-0.2, -0.15) is 0 Å². The average molecular weight is 307 g/mol. The number of hydrogen-bond donors (Lipinski definition) is 1. The van der Waals surface area contributed by atoms with Crippen LogP contribution in [0.15, 0.2) is 53.4 Å². The van der Waals surface area contributed by atoms with Crippen molar-refractivity contribution in [2.24, 2.45) is 0 Å². The summed E-state index contributed by atoms with van der Waals surface area (Å²) in [7, 11) is -0.0288. The number of anilines is 1. The van der Waals surface area contributed by atoms with E-state index in [0.717, 1.165) is 6.07 Å². The Bertz CT molecular complexity index is 658. The molecule has 0 bridgehead atoms. The number of amides is 1. The summed E-state index contributed by atoms with van der Waals surface area (Å²) in [6.07, 6.45) is 0. The molecule has 0 heterocycles. The molecule has 110 valence electrons. The number of halogens is 1. The van der Waals surface area contributed by atoms with E-state index in [1.807, 2.05) is 0 Å². The average Bonchev–Trinajstić information content (AvgIpc) is 2.48. The second-order valence-corrected chi connectivity index (χ2v) is 5.68. The van der Waals surface area contributed by atoms with Crippen molar-refractivity contribution in [1.82, 2.24) is 0 Å². The standard InChI is InChI=1S/C15H14FNO3S/c1-20-13-7-5-12(6-8-13)17-15(18)10-21(19)14-4-2-3-11(16)9-14/h2-9H,10H2,1H3,(H,17,18)/t21-/m0/s1. The minimum atomic E-state index is -1.58. The van der Waals surface area contributed by atoms with Crippen molar-refractivity contribution in [3.05, 3.63) is 54.3 Å². The summed E-state index contributed by atoms with van der Waals surface area (Å²) in [6, 6.07) is 12.2. The highest BCUT2D eigenvalue weighted by molar-refractivity contribution is 7.85. The van der Waals surface area contributed by atoms with E-state index < -0.39 is 22.5 Å². The van der Waals surface area contributed by atoms with Crippen molar-refractivity contribution in [2.45, 2.75) is 4.90 Å². The smallest absolute Gasteiger partial charge is 0.237 e. The summed E-state index contributed by atoms with van der Waals surface area (Å²) >= 11 is 0. The van der Waals surface area contributed by atoms with Crippen LogP contribution in [0.25, 0.3) is 0 Å². The van der Waals surface area contributed by atoms with Crippen LogP contribution < -0.4 is 10.1 Å². The number of benzene rings is 2. The molecule has 1 amide bonds. The second-order valence-electron chi connectivity index (χ2n) is 4.22. The molecule has 0 unspecified atom stereocenters. The Morgan fingerprint density at radius 2 is 1.95 bits per heavy atom. The molecule has 2 aromatic rings. The molecule has 0 fully saturated rings. The molecule has 1 N–H and O–H groups in total. The van der Waals surface area contributed by atoms with Gasteiger partial charge in [-0.25, -0.2) is 4.39 Å². The predicted octanol–water partition coefficient (Wildman–Crippen LogP) is 2.58. The first-order chi connectivity index (χ1) is 10.1. The third-order valence-corrected chi connectivity index (χ3v) is 4.00. The Labute approximate surface area is 124 Å². The maximum atomic E-state index is 13.0. The first-order valence-corrected chi connectivity index (χ1v) is 7.48. The molecule has 21 heavy (non-hydrogen) atoms. The Balaban J connectivity index is 1.96. The Morgan fingerprint density at radius 1 is 1.24 bits per heavy atom. The van der Waals surface area contributed by atoms with Crippen molar-refractivity contribution in [2.75, 3.05) is 18.2 Å². The van der Waals surface area contributed by atoms with Gasteiger partial charge in [-0.15, -0.1) is 0 Å². The number of rotatable bonds is 5. The fourth-order valence-corrected chi connectivity index (χ4v) is 2.63. The van der Waals surface area contributed by atoms with Gasteiger partial charge in [-0.1, -0.05) is 6.07 Å². The van der Waals surface area contributed by atoms with Crippen LogP contribution in [0.4, 0.5) is 10.1 Å². The SMILES string of the molecule is COc1ccc(NC(=O)C[S@](=O)c2cccc(F)c2)cc1. The van der Waals surface area contributed by atoms with Crippen LogP contribution >= 0.6 is 0 Å². The molecule has 0 aliphatic heterocycles. The van der Waals surface area contributed by atoms with Crippen LogP contribution in [0.3, 0.4) is 0 Å². The zero-order valence-electron chi connectivity index (χ0n) is 11.3. The Hall–Kier alpha value is -2.21. The first kappa shape index (κ1) is 15.2. The van der Waals surface area contributed by atoms with Crippen molar-refractivity contribution < 1.29 is 18.1 Å². The third-order valence-electron chi connectivity index (χ3n) is 2.69. The van der Waals surface area contributed by atoms with Gasteiger partial charge in [0, 0.05) is 10.6 Å². The quantitative estimate of drug-likeness (QED) is 0.923. The van der Waals surface area contributed by atoms with Gasteiger partial charge < -0.3 is 10.1 Å². The van der Waals surface area contributed by atoms with Gasteiger partial charge in [0.1, 0.15) is 17.3 Å². The zero-order valence-corrected chi connectivity index (χ0v) is 12.2. The lowest BCUT2D eigenvalue weighted by Gasteiger charge is -2.06. The van der Waals surface area contributed by atoms with Gasteiger partial charge in [0.2, 0.25) is 5.91 Å². The van der Waals surface area contributed by atoms with Crippen LogP contribution in [0.2, 0.25) is 0 Å². The summed E-state index contributed by atoms with van der Waals surface area (Å²) in [5.41, 5.74) is 0.581. The molecule has 2 aromatic carbocycles. The highest BCUT2D eigenvalue weighted by atomic mass is 32.2. The minimum Gasteiger partial charge on any atom is -0.497 e. The van der Waals surface area contributed by atoms with Gasteiger partial charge in [-0.3, -0.25) is 9.00 Å². The van der Waals surface area contributed by atoms with Crippen molar-refractivity contribution >= 4 is 22.4 Å². The minimum absolute atomic E-state index is 0.227. The monoisotopic (exact) mass is 307 g/mol. The van der Waals surface area contributed by atoms with Crippen molar-refractivity contribution in [3.8, 4) is 5.75 Å².